The Balaban J connectivity index is 1.40. The number of benzene rings is 1. The molecule has 4 saturated carbocycles. The number of hydrogen-bond donors (Lipinski definition) is 3. The molecule has 0 aliphatic heterocycles. The number of hydrogen-bond acceptors (Lipinski definition) is 9. The minimum Gasteiger partial charge on any atom is -0.443 e. The molecule has 14 heteroatoms. The van der Waals surface area contributed by atoms with E-state index < -0.39 is 80.1 Å². The summed E-state index contributed by atoms with van der Waals surface area (Å²) in [6, 6.07) is 9.30. The second kappa shape index (κ2) is 14.7. The lowest BCUT2D eigenvalue weighted by Crippen LogP contribution is -2.56. The number of amides is 4. The number of carbonyl (C=O) groups excluding carboxylic acids is 4. The first-order valence-corrected chi connectivity index (χ1v) is 19.2. The van der Waals surface area contributed by atoms with Gasteiger partial charge in [0, 0.05) is 17.9 Å². The van der Waals surface area contributed by atoms with Crippen molar-refractivity contribution in [2.45, 2.75) is 121 Å². The topological polar surface area (TPSA) is 173 Å². The molecule has 4 amide bonds. The molecule has 13 nitrogen and oxygen atoms in total. The van der Waals surface area contributed by atoms with Crippen LogP contribution < -0.4 is 15.5 Å². The van der Waals surface area contributed by atoms with Gasteiger partial charge in [0.15, 0.2) is 0 Å². The van der Waals surface area contributed by atoms with Gasteiger partial charge in [-0.25, -0.2) is 23.6 Å². The minimum absolute atomic E-state index is 0.105. The molecule has 3 N–H and O–H groups in total. The number of nitrogens with zero attached hydrogens (tertiary/aromatic N) is 2. The van der Waals surface area contributed by atoms with Gasteiger partial charge in [0.05, 0.1) is 22.8 Å². The zero-order chi connectivity index (χ0) is 36.4. The van der Waals surface area contributed by atoms with Gasteiger partial charge in [-0.2, -0.15) is 0 Å². The van der Waals surface area contributed by atoms with E-state index in [-0.39, 0.29) is 25.2 Å². The van der Waals surface area contributed by atoms with E-state index in [1.165, 1.54) is 6.08 Å². The van der Waals surface area contributed by atoms with Gasteiger partial charge in [0.25, 0.3) is 5.91 Å². The average molecular weight is 714 g/mol. The smallest absolute Gasteiger partial charge is 0.426 e. The third-order valence-electron chi connectivity index (χ3n) is 9.90. The van der Waals surface area contributed by atoms with Crippen molar-refractivity contribution in [2.75, 3.05) is 0 Å². The van der Waals surface area contributed by atoms with Gasteiger partial charge in [-0.1, -0.05) is 54.4 Å². The van der Waals surface area contributed by atoms with Crippen molar-refractivity contribution < 1.29 is 37.2 Å². The third-order valence-corrected chi connectivity index (χ3v) is 11.7. The third kappa shape index (κ3) is 8.67. The van der Waals surface area contributed by atoms with Crippen molar-refractivity contribution >= 4 is 39.5 Å². The molecule has 0 saturated heterocycles. The highest BCUT2D eigenvalue weighted by molar-refractivity contribution is 7.91. The summed E-state index contributed by atoms with van der Waals surface area (Å²) < 4.78 is 32.8. The van der Waals surface area contributed by atoms with E-state index >= 15 is 0 Å². The van der Waals surface area contributed by atoms with Crippen molar-refractivity contribution in [2.24, 2.45) is 28.8 Å². The Kier molecular flexibility index (Phi) is 11.0. The quantitative estimate of drug-likeness (QED) is 0.163. The molecular formula is C36H51N5O8S. The van der Waals surface area contributed by atoms with Crippen LogP contribution in [-0.2, 0) is 34.0 Å². The Labute approximate surface area is 295 Å². The Morgan fingerprint density at radius 2 is 1.66 bits per heavy atom. The summed E-state index contributed by atoms with van der Waals surface area (Å²) >= 11 is 0. The Morgan fingerprint density at radius 1 is 1.02 bits per heavy atom. The van der Waals surface area contributed by atoms with Gasteiger partial charge >= 0.3 is 6.09 Å². The summed E-state index contributed by atoms with van der Waals surface area (Å²) in [6.07, 6.45) is 5.55. The summed E-state index contributed by atoms with van der Waals surface area (Å²) in [6.45, 7) is 12.3. The number of nitrogens with one attached hydrogen (secondary N) is 3. The molecule has 0 aromatic heterocycles. The fourth-order valence-electron chi connectivity index (χ4n) is 6.99. The maximum absolute atomic E-state index is 14.2. The highest BCUT2D eigenvalue weighted by Crippen LogP contribution is 2.46. The molecule has 0 spiro atoms. The van der Waals surface area contributed by atoms with Crippen LogP contribution in [0.5, 0.6) is 0 Å². The first-order chi connectivity index (χ1) is 23.5. The molecule has 4 aliphatic carbocycles. The summed E-state index contributed by atoms with van der Waals surface area (Å²) in [5, 5.41) is 7.99. The number of rotatable bonds is 12. The van der Waals surface area contributed by atoms with Crippen LogP contribution in [0.15, 0.2) is 48.1 Å². The van der Waals surface area contributed by atoms with Crippen molar-refractivity contribution in [3.63, 3.8) is 0 Å². The van der Waals surface area contributed by atoms with Crippen LogP contribution in [0.1, 0.15) is 98.0 Å². The maximum atomic E-state index is 14.2. The Bertz CT molecular complexity index is 1600. The first kappa shape index (κ1) is 37.3. The van der Waals surface area contributed by atoms with Gasteiger partial charge in [-0.05, 0) is 85.1 Å². The van der Waals surface area contributed by atoms with Crippen LogP contribution >= 0.6 is 0 Å². The van der Waals surface area contributed by atoms with Crippen molar-refractivity contribution in [3.8, 4) is 0 Å². The number of sulfonamides is 1. The molecule has 0 unspecified atom stereocenters. The largest absolute Gasteiger partial charge is 0.443 e. The van der Waals surface area contributed by atoms with Gasteiger partial charge in [-0.3, -0.25) is 19.1 Å². The lowest BCUT2D eigenvalue weighted by Gasteiger charge is -2.32. The second-order valence-electron chi connectivity index (χ2n) is 15.3. The number of ether oxygens (including phenoxy) is 1. The average Bonchev–Trinajstić information content (AvgIpc) is 3.92. The molecule has 4 fully saturated rings. The molecule has 274 valence electrons. The van der Waals surface area contributed by atoms with Gasteiger partial charge < -0.3 is 14.9 Å². The normalized spacial score (nSPS) is 27.0. The molecule has 0 heterocycles. The van der Waals surface area contributed by atoms with E-state index in [0.29, 0.717) is 12.8 Å². The molecule has 50 heavy (non-hydrogen) atoms. The van der Waals surface area contributed by atoms with Crippen LogP contribution in [0.3, 0.4) is 0 Å². The number of carbonyl (C=O) groups is 4. The zero-order valence-electron chi connectivity index (χ0n) is 29.6. The Hall–Kier alpha value is -3.94. The summed E-state index contributed by atoms with van der Waals surface area (Å²) in [5.41, 5.74) is 2.00. The molecule has 0 bridgehead atoms. The molecular weight excluding hydrogens is 662 g/mol. The standard InChI is InChI=1S/C36H51N5O8S/c1-7-25-21-36(25,33(44)40-50(46,47)27-17-18-27)37-31(42)28-19-26(49-39-30(24-15-11-12-16-24)23-13-9-8-10-14-23)20-29(28)32(43)41(22(2)3)38-34(45)48-35(4,5)6/h7-10,13-14,22,24-29H,1,11-12,15-21H2,2-6H3,(H,37,42)(H,38,45)(H,40,44)/b39-30-/t25-,26-,28-,29-,36-/m1/s1. The fraction of sp³-hybridized carbons (Fsp3) is 0.639. The summed E-state index contributed by atoms with van der Waals surface area (Å²) in [4.78, 5) is 60.7. The van der Waals surface area contributed by atoms with Crippen LogP contribution in [0.25, 0.3) is 0 Å². The summed E-state index contributed by atoms with van der Waals surface area (Å²) in [5.74, 6) is -4.15. The molecule has 1 aromatic rings. The fourth-order valence-corrected chi connectivity index (χ4v) is 8.35. The van der Waals surface area contributed by atoms with Crippen molar-refractivity contribution in [1.29, 1.82) is 0 Å². The van der Waals surface area contributed by atoms with E-state index in [2.05, 4.69) is 27.2 Å². The first-order valence-electron chi connectivity index (χ1n) is 17.7. The van der Waals surface area contributed by atoms with Gasteiger partial charge in [0.2, 0.25) is 21.8 Å². The maximum Gasteiger partial charge on any atom is 0.426 e. The molecule has 5 atom stereocenters. The highest BCUT2D eigenvalue weighted by atomic mass is 32.2. The second-order valence-corrected chi connectivity index (χ2v) is 17.3. The Morgan fingerprint density at radius 3 is 2.22 bits per heavy atom. The molecule has 1 aromatic carbocycles. The zero-order valence-corrected chi connectivity index (χ0v) is 30.5. The van der Waals surface area contributed by atoms with E-state index in [0.717, 1.165) is 42.0 Å². The molecule has 0 radical (unpaired) electrons. The van der Waals surface area contributed by atoms with Crippen LogP contribution in [0.4, 0.5) is 4.79 Å². The SMILES string of the molecule is C=C[C@@H]1C[C@]1(NC(=O)[C@@H]1C[C@@H](O/N=C(/c2ccccc2)C2CCCC2)C[C@H]1C(=O)N(NC(=O)OC(C)(C)C)C(C)C)C(=O)NS(=O)(=O)C1CC1. The minimum atomic E-state index is -3.87. The van der Waals surface area contributed by atoms with Crippen LogP contribution in [0.2, 0.25) is 0 Å². The molecule has 4 aliphatic rings. The van der Waals surface area contributed by atoms with Crippen molar-refractivity contribution in [1.82, 2.24) is 20.5 Å². The molecule has 5 rings (SSSR count). The van der Waals surface area contributed by atoms with E-state index in [1.807, 2.05) is 30.3 Å². The number of hydrazine groups is 1. The van der Waals surface area contributed by atoms with Gasteiger partial charge in [-0.15, -0.1) is 6.58 Å². The number of oxime groups is 1. The predicted molar refractivity (Wildman–Crippen MR) is 187 cm³/mol. The van der Waals surface area contributed by atoms with Crippen molar-refractivity contribution in [3.05, 3.63) is 48.6 Å². The predicted octanol–water partition coefficient (Wildman–Crippen LogP) is 4.34. The van der Waals surface area contributed by atoms with E-state index in [4.69, 9.17) is 9.57 Å². The van der Waals surface area contributed by atoms with E-state index in [9.17, 15) is 27.6 Å². The van der Waals surface area contributed by atoms with Crippen LogP contribution in [-0.4, -0.2) is 71.5 Å². The van der Waals surface area contributed by atoms with E-state index in [1.54, 1.807) is 34.6 Å². The summed E-state index contributed by atoms with van der Waals surface area (Å²) in [7, 11) is -3.87. The lowest BCUT2D eigenvalue weighted by atomic mass is 9.93. The van der Waals surface area contributed by atoms with Gasteiger partial charge in [0.1, 0.15) is 17.2 Å². The monoisotopic (exact) mass is 713 g/mol. The lowest BCUT2D eigenvalue weighted by molar-refractivity contribution is -0.145. The highest BCUT2D eigenvalue weighted by Gasteiger charge is 2.62. The van der Waals surface area contributed by atoms with Crippen LogP contribution in [0, 0.1) is 23.7 Å².